The van der Waals surface area contributed by atoms with Crippen LogP contribution in [0.2, 0.25) is 0 Å². The number of alkyl halides is 3. The molecular formula is C35H40F4N12O2. The van der Waals surface area contributed by atoms with Crippen LogP contribution in [0.25, 0.3) is 11.3 Å². The third kappa shape index (κ3) is 8.32. The van der Waals surface area contributed by atoms with Gasteiger partial charge >= 0.3 is 6.18 Å². The standard InChI is InChI=1S/C35H40F4N12O2/c36-26-19-24(42-32-30(31(40)53)46-47-34(43-32)51-10-2-1-3-11-51)4-6-28(26)49-16-14-48(15-17-49)21-22-8-12-50(13-9-22)33-25(35(37,38)39)18-23(20-41-33)27-5-7-29(52)45-44-27/h4-7,18-20,22H,1-3,8-17,21H2,(H2,40,53)(H,45,52)(H,42,43,47). The Hall–Kier alpha value is -5.39. The van der Waals surface area contributed by atoms with Crippen molar-refractivity contribution in [1.29, 1.82) is 0 Å². The molecule has 0 saturated carbocycles. The average Bonchev–Trinajstić information content (AvgIpc) is 3.16. The number of nitrogens with one attached hydrogen (secondary N) is 2. The monoisotopic (exact) mass is 736 g/mol. The molecule has 1 amide bonds. The molecule has 3 aliphatic heterocycles. The molecule has 7 rings (SSSR count). The van der Waals surface area contributed by atoms with Crippen molar-refractivity contribution in [3.05, 3.63) is 70.0 Å². The normalized spacial score (nSPS) is 17.6. The van der Waals surface area contributed by atoms with Crippen molar-refractivity contribution in [3.63, 3.8) is 0 Å². The van der Waals surface area contributed by atoms with E-state index in [1.807, 2.05) is 9.80 Å². The summed E-state index contributed by atoms with van der Waals surface area (Å²) < 4.78 is 57.9. The van der Waals surface area contributed by atoms with Crippen molar-refractivity contribution >= 4 is 34.9 Å². The van der Waals surface area contributed by atoms with E-state index in [4.69, 9.17) is 5.73 Å². The largest absolute Gasteiger partial charge is 0.419 e. The molecule has 3 fully saturated rings. The molecule has 4 N–H and O–H groups in total. The van der Waals surface area contributed by atoms with Crippen molar-refractivity contribution in [2.45, 2.75) is 38.3 Å². The second-order valence-corrected chi connectivity index (χ2v) is 13.6. The number of nitrogens with two attached hydrogens (primary N) is 1. The molecule has 18 heteroatoms. The van der Waals surface area contributed by atoms with E-state index in [0.717, 1.165) is 45.0 Å². The Balaban J connectivity index is 0.929. The van der Waals surface area contributed by atoms with Crippen molar-refractivity contribution in [3.8, 4) is 11.3 Å². The van der Waals surface area contributed by atoms with Crippen LogP contribution in [-0.2, 0) is 6.18 Å². The summed E-state index contributed by atoms with van der Waals surface area (Å²) in [5, 5.41) is 17.2. The predicted molar refractivity (Wildman–Crippen MR) is 191 cm³/mol. The zero-order chi connectivity index (χ0) is 37.1. The van der Waals surface area contributed by atoms with Crippen molar-refractivity contribution in [2.75, 3.05) is 78.9 Å². The SMILES string of the molecule is NC(=O)c1nnc(N2CCCCC2)nc1Nc1ccc(N2CCN(CC3CCN(c4ncc(-c5ccc(=O)[nH]n5)cc4C(F)(F)F)CC3)CC2)c(F)c1. The maximum atomic E-state index is 15.5. The second kappa shape index (κ2) is 15.3. The van der Waals surface area contributed by atoms with E-state index in [1.54, 1.807) is 17.0 Å². The number of hydrogen-bond donors (Lipinski definition) is 3. The number of nitrogens with zero attached hydrogens (tertiary/aromatic N) is 9. The molecule has 53 heavy (non-hydrogen) atoms. The number of carbonyl (C=O) groups is 1. The van der Waals surface area contributed by atoms with Crippen LogP contribution in [0.3, 0.4) is 0 Å². The molecule has 0 atom stereocenters. The summed E-state index contributed by atoms with van der Waals surface area (Å²) in [4.78, 5) is 40.1. The summed E-state index contributed by atoms with van der Waals surface area (Å²) in [6.07, 6.45) is 1.30. The van der Waals surface area contributed by atoms with Gasteiger partial charge in [-0.2, -0.15) is 23.3 Å². The van der Waals surface area contributed by atoms with Gasteiger partial charge in [-0.15, -0.1) is 10.2 Å². The summed E-state index contributed by atoms with van der Waals surface area (Å²) in [5.41, 5.74) is 5.32. The fraction of sp³-hybridized carbons (Fsp3) is 0.457. The Labute approximate surface area is 302 Å². The summed E-state index contributed by atoms with van der Waals surface area (Å²) in [6, 6.07) is 8.37. The van der Waals surface area contributed by atoms with E-state index in [-0.39, 0.29) is 28.6 Å². The average molecular weight is 737 g/mol. The van der Waals surface area contributed by atoms with Gasteiger partial charge in [-0.05, 0) is 68.4 Å². The Kier molecular flexibility index (Phi) is 10.4. The number of rotatable bonds is 9. The lowest BCUT2D eigenvalue weighted by Gasteiger charge is -2.40. The number of H-pyrrole nitrogens is 1. The number of aromatic amines is 1. The van der Waals surface area contributed by atoms with Crippen LogP contribution in [-0.4, -0.2) is 100 Å². The Morgan fingerprint density at radius 1 is 0.906 bits per heavy atom. The Morgan fingerprint density at radius 2 is 1.66 bits per heavy atom. The van der Waals surface area contributed by atoms with Crippen LogP contribution < -0.4 is 31.3 Å². The fourth-order valence-electron chi connectivity index (χ4n) is 7.20. The highest BCUT2D eigenvalue weighted by molar-refractivity contribution is 5.96. The van der Waals surface area contributed by atoms with Gasteiger partial charge in [-0.1, -0.05) is 0 Å². The zero-order valence-electron chi connectivity index (χ0n) is 28.9. The number of primary amides is 1. The summed E-state index contributed by atoms with van der Waals surface area (Å²) in [5.74, 6) is -0.516. The van der Waals surface area contributed by atoms with E-state index in [0.29, 0.717) is 75.4 Å². The number of pyridine rings is 1. The molecule has 0 radical (unpaired) electrons. The molecule has 280 valence electrons. The van der Waals surface area contributed by atoms with Crippen LogP contribution in [0.4, 0.5) is 46.5 Å². The third-order valence-corrected chi connectivity index (χ3v) is 10.0. The predicted octanol–water partition coefficient (Wildman–Crippen LogP) is 4.05. The first-order chi connectivity index (χ1) is 25.5. The van der Waals surface area contributed by atoms with Crippen molar-refractivity contribution < 1.29 is 22.4 Å². The van der Waals surface area contributed by atoms with Crippen molar-refractivity contribution in [2.24, 2.45) is 11.7 Å². The van der Waals surface area contributed by atoms with Gasteiger partial charge in [-0.25, -0.2) is 14.5 Å². The molecule has 14 nitrogen and oxygen atoms in total. The number of piperidine rings is 2. The van der Waals surface area contributed by atoms with E-state index in [9.17, 15) is 22.8 Å². The molecule has 0 spiro atoms. The zero-order valence-corrected chi connectivity index (χ0v) is 28.9. The summed E-state index contributed by atoms with van der Waals surface area (Å²) >= 11 is 0. The molecule has 3 saturated heterocycles. The molecule has 0 aliphatic carbocycles. The first kappa shape index (κ1) is 36.0. The van der Waals surface area contributed by atoms with Gasteiger partial charge in [0.15, 0.2) is 11.5 Å². The first-order valence-corrected chi connectivity index (χ1v) is 17.7. The van der Waals surface area contributed by atoms with Crippen molar-refractivity contribution in [1.82, 2.24) is 35.3 Å². The Morgan fingerprint density at radius 3 is 2.32 bits per heavy atom. The van der Waals surface area contributed by atoms with Crippen LogP contribution in [0.5, 0.6) is 0 Å². The lowest BCUT2D eigenvalue weighted by Crippen LogP contribution is -2.49. The molecular weight excluding hydrogens is 696 g/mol. The highest BCUT2D eigenvalue weighted by atomic mass is 19.4. The highest BCUT2D eigenvalue weighted by Gasteiger charge is 2.37. The van der Waals surface area contributed by atoms with Gasteiger partial charge in [-0.3, -0.25) is 14.5 Å². The van der Waals surface area contributed by atoms with Crippen LogP contribution in [0.15, 0.2) is 47.4 Å². The number of amides is 1. The minimum Gasteiger partial charge on any atom is -0.367 e. The lowest BCUT2D eigenvalue weighted by molar-refractivity contribution is -0.137. The highest BCUT2D eigenvalue weighted by Crippen LogP contribution is 2.39. The van der Waals surface area contributed by atoms with Gasteiger partial charge in [0.1, 0.15) is 11.6 Å². The molecule has 0 bridgehead atoms. The smallest absolute Gasteiger partial charge is 0.367 e. The summed E-state index contributed by atoms with van der Waals surface area (Å²) in [6.45, 7) is 5.90. The topological polar surface area (TPSA) is 165 Å². The molecule has 3 aromatic heterocycles. The van der Waals surface area contributed by atoms with E-state index in [2.05, 4.69) is 40.6 Å². The minimum atomic E-state index is -4.62. The lowest BCUT2D eigenvalue weighted by atomic mass is 9.95. The third-order valence-electron chi connectivity index (χ3n) is 10.0. The van der Waals surface area contributed by atoms with Crippen LogP contribution in [0.1, 0.15) is 48.2 Å². The summed E-state index contributed by atoms with van der Waals surface area (Å²) in [7, 11) is 0. The maximum absolute atomic E-state index is 15.5. The number of halogens is 4. The number of carbonyl (C=O) groups excluding carboxylic acids is 1. The number of piperazine rings is 1. The van der Waals surface area contributed by atoms with Gasteiger partial charge in [0.05, 0.1) is 16.9 Å². The maximum Gasteiger partial charge on any atom is 0.419 e. The first-order valence-electron chi connectivity index (χ1n) is 17.7. The fourth-order valence-corrected chi connectivity index (χ4v) is 7.20. The van der Waals surface area contributed by atoms with Gasteiger partial charge in [0.2, 0.25) is 5.95 Å². The second-order valence-electron chi connectivity index (χ2n) is 13.6. The number of anilines is 5. The quantitative estimate of drug-likeness (QED) is 0.212. The number of benzene rings is 1. The van der Waals surface area contributed by atoms with E-state index >= 15 is 4.39 Å². The van der Waals surface area contributed by atoms with Gasteiger partial charge in [0.25, 0.3) is 11.5 Å². The Bertz CT molecular complexity index is 1970. The molecule has 4 aromatic rings. The van der Waals surface area contributed by atoms with Crippen LogP contribution >= 0.6 is 0 Å². The number of aromatic nitrogens is 6. The molecule has 6 heterocycles. The van der Waals surface area contributed by atoms with Gasteiger partial charge in [0, 0.05) is 82.4 Å². The van der Waals surface area contributed by atoms with E-state index in [1.165, 1.54) is 24.4 Å². The molecule has 0 unspecified atom stereocenters. The van der Waals surface area contributed by atoms with E-state index < -0.39 is 29.0 Å². The molecule has 1 aromatic carbocycles. The molecule has 3 aliphatic rings. The minimum absolute atomic E-state index is 0.106. The van der Waals surface area contributed by atoms with Crippen LogP contribution in [0, 0.1) is 11.7 Å². The van der Waals surface area contributed by atoms with Gasteiger partial charge < -0.3 is 25.8 Å². The number of hydrogen-bond acceptors (Lipinski definition) is 12.